The molecular formula is C30H34FN3O7. The first-order chi connectivity index (χ1) is 19.6. The molecule has 0 unspecified atom stereocenters. The summed E-state index contributed by atoms with van der Waals surface area (Å²) in [7, 11) is 0. The number of cyclic esters (lactones) is 2. The van der Waals surface area contributed by atoms with Crippen molar-refractivity contribution in [2.45, 2.75) is 51.1 Å². The minimum atomic E-state index is -1.68. The molecule has 3 fully saturated rings. The number of aliphatic hydroxyl groups excluding tert-OH is 1. The highest BCUT2D eigenvalue weighted by atomic mass is 19.1. The Morgan fingerprint density at radius 3 is 2.15 bits per heavy atom. The number of rotatable bonds is 7. The Morgan fingerprint density at radius 2 is 1.59 bits per heavy atom. The number of ether oxygens (including phenoxy) is 3. The van der Waals surface area contributed by atoms with Crippen LogP contribution in [0.5, 0.6) is 0 Å². The molecule has 0 radical (unpaired) electrons. The Kier molecular flexibility index (Phi) is 6.69. The number of fused-ring (bicyclic) bond motifs is 2. The first-order valence-corrected chi connectivity index (χ1v) is 14.0. The number of hydrogen-bond donors (Lipinski definition) is 1. The molecule has 2 aromatic carbocycles. The Labute approximate surface area is 237 Å². The fourth-order valence-electron chi connectivity index (χ4n) is 6.98. The highest BCUT2D eigenvalue weighted by molar-refractivity contribution is 6.08. The molecule has 0 aliphatic carbocycles. The van der Waals surface area contributed by atoms with Crippen LogP contribution in [-0.2, 0) is 31.2 Å². The zero-order chi connectivity index (χ0) is 29.1. The van der Waals surface area contributed by atoms with Gasteiger partial charge in [0.05, 0.1) is 31.4 Å². The number of carbonyl (C=O) groups excluding carboxylic acids is 3. The normalized spacial score (nSPS) is 27.7. The minimum absolute atomic E-state index is 0.186. The van der Waals surface area contributed by atoms with E-state index in [-0.39, 0.29) is 32.1 Å². The van der Waals surface area contributed by atoms with Gasteiger partial charge in [-0.3, -0.25) is 14.6 Å². The molecule has 10 nitrogen and oxygen atoms in total. The van der Waals surface area contributed by atoms with Gasteiger partial charge in [0.15, 0.2) is 5.60 Å². The van der Waals surface area contributed by atoms with Crippen LogP contribution in [0.3, 0.4) is 0 Å². The average molecular weight is 568 g/mol. The molecule has 4 aliphatic heterocycles. The Balaban J connectivity index is 1.40. The fourth-order valence-corrected chi connectivity index (χ4v) is 6.98. The molecule has 1 spiro atoms. The summed E-state index contributed by atoms with van der Waals surface area (Å²) in [5, 5.41) is 9.78. The van der Waals surface area contributed by atoms with Gasteiger partial charge in [-0.15, -0.1) is 0 Å². The number of carbonyl (C=O) groups is 3. The number of aliphatic hydroxyl groups is 1. The van der Waals surface area contributed by atoms with E-state index in [2.05, 4.69) is 0 Å². The molecule has 1 N–H and O–H groups in total. The molecule has 0 aromatic heterocycles. The number of alkyl halides is 1. The Bertz CT molecular complexity index is 1380. The molecule has 4 atom stereocenters. The summed E-state index contributed by atoms with van der Waals surface area (Å²) in [5.41, 5.74) is 0.102. The van der Waals surface area contributed by atoms with Crippen LogP contribution < -0.4 is 14.7 Å². The minimum Gasteiger partial charge on any atom is -0.447 e. The van der Waals surface area contributed by atoms with Crippen LogP contribution in [0.25, 0.3) is 0 Å². The van der Waals surface area contributed by atoms with Gasteiger partial charge in [-0.05, 0) is 56.2 Å². The summed E-state index contributed by atoms with van der Waals surface area (Å²) in [6, 6.07) is 12.7. The Morgan fingerprint density at radius 1 is 0.976 bits per heavy atom. The van der Waals surface area contributed by atoms with E-state index in [1.165, 1.54) is 18.7 Å². The summed E-state index contributed by atoms with van der Waals surface area (Å²) < 4.78 is 32.4. The van der Waals surface area contributed by atoms with Gasteiger partial charge in [0.2, 0.25) is 0 Å². The first-order valence-electron chi connectivity index (χ1n) is 14.0. The molecule has 4 aliphatic rings. The highest BCUT2D eigenvalue weighted by Gasteiger charge is 2.66. The van der Waals surface area contributed by atoms with Crippen LogP contribution in [-0.4, -0.2) is 67.9 Å². The van der Waals surface area contributed by atoms with Crippen molar-refractivity contribution >= 4 is 35.2 Å². The van der Waals surface area contributed by atoms with Gasteiger partial charge in [0, 0.05) is 35.4 Å². The molecule has 4 heterocycles. The van der Waals surface area contributed by atoms with E-state index in [0.29, 0.717) is 42.3 Å². The lowest BCUT2D eigenvalue weighted by Gasteiger charge is -2.32. The van der Waals surface area contributed by atoms with E-state index in [9.17, 15) is 19.5 Å². The van der Waals surface area contributed by atoms with Crippen molar-refractivity contribution in [3.63, 3.8) is 0 Å². The molecule has 41 heavy (non-hydrogen) atoms. The molecule has 0 bridgehead atoms. The van der Waals surface area contributed by atoms with E-state index in [1.807, 2.05) is 31.2 Å². The predicted molar refractivity (Wildman–Crippen MR) is 148 cm³/mol. The zero-order valence-electron chi connectivity index (χ0n) is 23.3. The summed E-state index contributed by atoms with van der Waals surface area (Å²) in [4.78, 5) is 43.5. The van der Waals surface area contributed by atoms with Gasteiger partial charge < -0.3 is 24.2 Å². The predicted octanol–water partition coefficient (Wildman–Crippen LogP) is 4.12. The van der Waals surface area contributed by atoms with Crippen LogP contribution in [0.4, 0.5) is 31.0 Å². The number of hydrogen-bond acceptors (Lipinski definition) is 7. The molecule has 3 saturated heterocycles. The van der Waals surface area contributed by atoms with Crippen molar-refractivity contribution in [1.82, 2.24) is 0 Å². The monoisotopic (exact) mass is 567 g/mol. The summed E-state index contributed by atoms with van der Waals surface area (Å²) >= 11 is 0. The van der Waals surface area contributed by atoms with E-state index < -0.39 is 41.4 Å². The number of anilines is 3. The quantitative estimate of drug-likeness (QED) is 0.536. The third-order valence-corrected chi connectivity index (χ3v) is 8.78. The van der Waals surface area contributed by atoms with E-state index >= 15 is 4.39 Å². The lowest BCUT2D eigenvalue weighted by atomic mass is 9.71. The molecule has 3 amide bonds. The summed E-state index contributed by atoms with van der Waals surface area (Å²) in [6.07, 6.45) is -1.36. The molecular weight excluding hydrogens is 533 g/mol. The maximum absolute atomic E-state index is 15.7. The van der Waals surface area contributed by atoms with Crippen LogP contribution in [0.15, 0.2) is 42.5 Å². The lowest BCUT2D eigenvalue weighted by Crippen LogP contribution is -2.45. The number of nitrogens with zero attached hydrogens (tertiary/aromatic N) is 3. The smallest absolute Gasteiger partial charge is 0.414 e. The second kappa shape index (κ2) is 9.99. The standard InChI is InChI=1S/C30H34FN3O7/c1-18-25(29(2,3)31)24(10-13-35)41-30(18)22-16-21(33-12-15-40-28(33)38)8-9-23(22)34(26(30)36)17-19-4-6-20(7-5-19)32-11-14-39-27(32)37/h4-9,16,18,24-25,35H,10-15,17H2,1-3H3/t18-,24+,25-,30+/m1/s1. The third kappa shape index (κ3) is 4.33. The number of amides is 3. The van der Waals surface area contributed by atoms with E-state index in [4.69, 9.17) is 14.2 Å². The summed E-state index contributed by atoms with van der Waals surface area (Å²) in [6.45, 7) is 6.25. The number of benzene rings is 2. The van der Waals surface area contributed by atoms with Crippen molar-refractivity contribution in [3.8, 4) is 0 Å². The second-order valence-corrected chi connectivity index (χ2v) is 11.6. The molecule has 218 valence electrons. The van der Waals surface area contributed by atoms with Crippen LogP contribution in [0.1, 0.15) is 38.3 Å². The van der Waals surface area contributed by atoms with Crippen LogP contribution in [0.2, 0.25) is 0 Å². The lowest BCUT2D eigenvalue weighted by molar-refractivity contribution is -0.146. The highest BCUT2D eigenvalue weighted by Crippen LogP contribution is 2.59. The SMILES string of the molecule is C[C@@H]1[C@@H](C(C)(C)F)[C@H](CCO)O[C@@]12C(=O)N(Cc1ccc(N3CCOC3=O)cc1)c1ccc(N3CCOC3=O)cc12. The van der Waals surface area contributed by atoms with Crippen molar-refractivity contribution in [1.29, 1.82) is 0 Å². The third-order valence-electron chi connectivity index (χ3n) is 8.78. The maximum Gasteiger partial charge on any atom is 0.414 e. The largest absolute Gasteiger partial charge is 0.447 e. The van der Waals surface area contributed by atoms with Gasteiger partial charge in [-0.25, -0.2) is 14.0 Å². The van der Waals surface area contributed by atoms with Gasteiger partial charge in [0.1, 0.15) is 18.9 Å². The topological polar surface area (TPSA) is 109 Å². The van der Waals surface area contributed by atoms with Crippen molar-refractivity contribution in [3.05, 3.63) is 53.6 Å². The van der Waals surface area contributed by atoms with Crippen LogP contribution in [0, 0.1) is 11.8 Å². The zero-order valence-corrected chi connectivity index (χ0v) is 23.3. The van der Waals surface area contributed by atoms with Gasteiger partial charge in [-0.1, -0.05) is 19.1 Å². The molecule has 6 rings (SSSR count). The summed E-state index contributed by atoms with van der Waals surface area (Å²) in [5.74, 6) is -1.55. The first kappa shape index (κ1) is 27.5. The van der Waals surface area contributed by atoms with Gasteiger partial charge in [0.25, 0.3) is 5.91 Å². The molecule has 2 aromatic rings. The van der Waals surface area contributed by atoms with Crippen LogP contribution >= 0.6 is 0 Å². The fraction of sp³-hybridized carbons (Fsp3) is 0.500. The van der Waals surface area contributed by atoms with Gasteiger partial charge >= 0.3 is 12.2 Å². The maximum atomic E-state index is 15.7. The van der Waals surface area contributed by atoms with E-state index in [1.54, 1.807) is 28.0 Å². The second-order valence-electron chi connectivity index (χ2n) is 11.6. The van der Waals surface area contributed by atoms with Crippen molar-refractivity contribution in [2.24, 2.45) is 11.8 Å². The molecule has 0 saturated carbocycles. The molecule has 11 heteroatoms. The average Bonchev–Trinajstić information content (AvgIpc) is 3.68. The number of halogens is 1. The van der Waals surface area contributed by atoms with Gasteiger partial charge in [-0.2, -0.15) is 0 Å². The van der Waals surface area contributed by atoms with E-state index in [0.717, 1.165) is 5.56 Å². The van der Waals surface area contributed by atoms with Crippen molar-refractivity contribution < 1.29 is 38.1 Å². The van der Waals surface area contributed by atoms with Crippen molar-refractivity contribution in [2.75, 3.05) is 47.6 Å². The Hall–Kier alpha value is -3.70.